The van der Waals surface area contributed by atoms with Crippen LogP contribution in [0.4, 0.5) is 4.39 Å². The molecule has 0 aliphatic heterocycles. The van der Waals surface area contributed by atoms with E-state index in [1.165, 1.54) is 12.3 Å². The molecule has 0 bridgehead atoms. The summed E-state index contributed by atoms with van der Waals surface area (Å²) < 4.78 is 22.8. The summed E-state index contributed by atoms with van der Waals surface area (Å²) in [5.41, 5.74) is 5.22. The van der Waals surface area contributed by atoms with Gasteiger partial charge in [0.25, 0.3) is 0 Å². The Labute approximate surface area is 221 Å². The summed E-state index contributed by atoms with van der Waals surface area (Å²) in [5, 5.41) is 12.5. The second-order valence-electron chi connectivity index (χ2n) is 10.1. The van der Waals surface area contributed by atoms with Crippen molar-refractivity contribution in [1.29, 1.82) is 0 Å². The molecule has 0 unspecified atom stereocenters. The lowest BCUT2D eigenvalue weighted by Gasteiger charge is -2.21. The fraction of sp³-hybridized carbons (Fsp3) is 0.379. The first-order chi connectivity index (χ1) is 18.4. The van der Waals surface area contributed by atoms with Crippen molar-refractivity contribution in [1.82, 2.24) is 29.9 Å². The third-order valence-corrected chi connectivity index (χ3v) is 7.47. The van der Waals surface area contributed by atoms with E-state index >= 15 is 0 Å². The Morgan fingerprint density at radius 1 is 1.21 bits per heavy atom. The number of ether oxygens (including phenoxy) is 1. The summed E-state index contributed by atoms with van der Waals surface area (Å²) in [4.78, 5) is 17.2. The van der Waals surface area contributed by atoms with Gasteiger partial charge in [0.15, 0.2) is 0 Å². The van der Waals surface area contributed by atoms with Gasteiger partial charge in [-0.15, -0.1) is 0 Å². The van der Waals surface area contributed by atoms with Crippen LogP contribution in [0, 0.1) is 18.8 Å². The molecule has 3 aromatic heterocycles. The zero-order valence-corrected chi connectivity index (χ0v) is 22.0. The molecule has 1 aliphatic rings. The Bertz CT molecular complexity index is 1400. The van der Waals surface area contributed by atoms with E-state index in [0.717, 1.165) is 53.0 Å². The molecule has 0 saturated heterocycles. The average Bonchev–Trinajstić information content (AvgIpc) is 3.61. The molecule has 0 radical (unpaired) electrons. The van der Waals surface area contributed by atoms with Crippen LogP contribution in [0.5, 0.6) is 0 Å². The van der Waals surface area contributed by atoms with Crippen LogP contribution in [-0.2, 0) is 23.0 Å². The van der Waals surface area contributed by atoms with Crippen LogP contribution >= 0.6 is 0 Å². The van der Waals surface area contributed by atoms with Gasteiger partial charge in [0.2, 0.25) is 11.9 Å². The molecule has 1 N–H and O–H groups in total. The highest BCUT2D eigenvalue weighted by molar-refractivity contribution is 5.80. The van der Waals surface area contributed by atoms with Gasteiger partial charge < -0.3 is 10.1 Å². The van der Waals surface area contributed by atoms with Crippen LogP contribution in [0.1, 0.15) is 42.0 Å². The average molecular weight is 517 g/mol. The van der Waals surface area contributed by atoms with Crippen molar-refractivity contribution >= 4 is 5.91 Å². The van der Waals surface area contributed by atoms with Crippen molar-refractivity contribution in [2.45, 2.75) is 44.6 Å². The van der Waals surface area contributed by atoms with Crippen molar-refractivity contribution in [2.75, 3.05) is 13.7 Å². The van der Waals surface area contributed by atoms with Crippen LogP contribution < -0.4 is 5.32 Å². The number of hydrogen-bond acceptors (Lipinski definition) is 5. The maximum atomic E-state index is 14.0. The van der Waals surface area contributed by atoms with Crippen molar-refractivity contribution < 1.29 is 13.9 Å². The predicted molar refractivity (Wildman–Crippen MR) is 142 cm³/mol. The zero-order chi connectivity index (χ0) is 26.6. The number of carbonyl (C=O) groups is 1. The van der Waals surface area contributed by atoms with Crippen LogP contribution in [-0.4, -0.2) is 50.2 Å². The number of aryl methyl sites for hydroxylation is 1. The highest BCUT2D eigenvalue weighted by Crippen LogP contribution is 2.40. The molecule has 1 amide bonds. The molecular formula is C29H33FN6O2. The van der Waals surface area contributed by atoms with Crippen LogP contribution in [0.25, 0.3) is 16.9 Å². The van der Waals surface area contributed by atoms with Gasteiger partial charge in [-0.25, -0.2) is 9.67 Å². The minimum Gasteiger partial charge on any atom is -0.385 e. The summed E-state index contributed by atoms with van der Waals surface area (Å²) in [6, 6.07) is 13.1. The van der Waals surface area contributed by atoms with Gasteiger partial charge in [-0.3, -0.25) is 9.48 Å². The van der Waals surface area contributed by atoms with E-state index in [9.17, 15) is 9.18 Å². The quantitative estimate of drug-likeness (QED) is 0.334. The number of halogens is 1. The molecule has 0 spiro atoms. The van der Waals surface area contributed by atoms with E-state index in [2.05, 4.69) is 15.4 Å². The van der Waals surface area contributed by atoms with Gasteiger partial charge in [0.05, 0.1) is 29.7 Å². The van der Waals surface area contributed by atoms with Gasteiger partial charge in [0.1, 0.15) is 0 Å². The summed E-state index contributed by atoms with van der Waals surface area (Å²) in [5.74, 6) is -0.183. The lowest BCUT2D eigenvalue weighted by Crippen LogP contribution is -2.38. The molecule has 1 fully saturated rings. The molecule has 5 rings (SSSR count). The number of nitrogens with zero attached hydrogens (tertiary/aromatic N) is 5. The Morgan fingerprint density at radius 2 is 2.03 bits per heavy atom. The lowest BCUT2D eigenvalue weighted by molar-refractivity contribution is -0.121. The van der Waals surface area contributed by atoms with Gasteiger partial charge in [0, 0.05) is 50.7 Å². The fourth-order valence-electron chi connectivity index (χ4n) is 5.59. The SMILES string of the molecule is COCC[C@@H]1C[C@@H](NC(=O)Cc2c(C)c(-c3cnn(C)c3)nn2-c2ccccc2)[C@H](c2ccnc(F)c2)C1. The van der Waals surface area contributed by atoms with Crippen LogP contribution in [0.3, 0.4) is 0 Å². The van der Waals surface area contributed by atoms with Gasteiger partial charge >= 0.3 is 0 Å². The number of nitrogens with one attached hydrogen (secondary N) is 1. The molecule has 38 heavy (non-hydrogen) atoms. The first-order valence-electron chi connectivity index (χ1n) is 13.0. The number of rotatable bonds is 9. The molecule has 3 atom stereocenters. The largest absolute Gasteiger partial charge is 0.385 e. The van der Waals surface area contributed by atoms with E-state index in [0.29, 0.717) is 12.5 Å². The maximum absolute atomic E-state index is 14.0. The Hall–Kier alpha value is -3.85. The molecular weight excluding hydrogens is 483 g/mol. The first-order valence-corrected chi connectivity index (χ1v) is 13.0. The number of benzene rings is 1. The third kappa shape index (κ3) is 5.52. The Balaban J connectivity index is 1.41. The topological polar surface area (TPSA) is 86.9 Å². The monoisotopic (exact) mass is 516 g/mol. The van der Waals surface area contributed by atoms with Gasteiger partial charge in [-0.1, -0.05) is 18.2 Å². The van der Waals surface area contributed by atoms with Crippen molar-refractivity contribution in [3.8, 4) is 16.9 Å². The number of pyridine rings is 1. The fourth-order valence-corrected chi connectivity index (χ4v) is 5.59. The molecule has 8 nitrogen and oxygen atoms in total. The summed E-state index contributed by atoms with van der Waals surface area (Å²) in [7, 11) is 3.57. The van der Waals surface area contributed by atoms with E-state index in [4.69, 9.17) is 9.84 Å². The van der Waals surface area contributed by atoms with Crippen molar-refractivity contribution in [3.63, 3.8) is 0 Å². The number of para-hydroxylation sites is 1. The Morgan fingerprint density at radius 3 is 2.74 bits per heavy atom. The van der Waals surface area contributed by atoms with E-state index in [1.54, 1.807) is 18.0 Å². The minimum absolute atomic E-state index is 0.0180. The zero-order valence-electron chi connectivity index (χ0n) is 22.0. The number of hydrogen-bond donors (Lipinski definition) is 1. The second kappa shape index (κ2) is 11.3. The molecule has 1 aliphatic carbocycles. The van der Waals surface area contributed by atoms with Crippen molar-refractivity contribution in [2.24, 2.45) is 13.0 Å². The van der Waals surface area contributed by atoms with Gasteiger partial charge in [-0.2, -0.15) is 14.6 Å². The highest BCUT2D eigenvalue weighted by Gasteiger charge is 2.36. The highest BCUT2D eigenvalue weighted by atomic mass is 19.1. The number of aromatic nitrogens is 5. The van der Waals surface area contributed by atoms with E-state index in [-0.39, 0.29) is 24.3 Å². The number of methoxy groups -OCH3 is 1. The normalized spacial score (nSPS) is 19.1. The van der Waals surface area contributed by atoms with Crippen LogP contribution in [0.15, 0.2) is 61.1 Å². The summed E-state index contributed by atoms with van der Waals surface area (Å²) in [6.45, 7) is 2.66. The second-order valence-corrected chi connectivity index (χ2v) is 10.1. The van der Waals surface area contributed by atoms with E-state index < -0.39 is 5.95 Å². The van der Waals surface area contributed by atoms with Crippen LogP contribution in [0.2, 0.25) is 0 Å². The number of amides is 1. The summed E-state index contributed by atoms with van der Waals surface area (Å²) in [6.07, 6.45) is 7.96. The third-order valence-electron chi connectivity index (χ3n) is 7.47. The van der Waals surface area contributed by atoms with E-state index in [1.807, 2.05) is 61.2 Å². The first kappa shape index (κ1) is 25.8. The van der Waals surface area contributed by atoms with Gasteiger partial charge in [-0.05, 0) is 67.5 Å². The lowest BCUT2D eigenvalue weighted by atomic mass is 9.94. The smallest absolute Gasteiger partial charge is 0.226 e. The molecule has 1 aromatic carbocycles. The maximum Gasteiger partial charge on any atom is 0.226 e. The molecule has 1 saturated carbocycles. The number of carbonyl (C=O) groups excluding carboxylic acids is 1. The molecule has 4 aromatic rings. The minimum atomic E-state index is -0.502. The van der Waals surface area contributed by atoms with Crippen molar-refractivity contribution in [3.05, 3.63) is 83.8 Å². The molecule has 3 heterocycles. The summed E-state index contributed by atoms with van der Waals surface area (Å²) >= 11 is 0. The molecule has 198 valence electrons. The standard InChI is InChI=1S/C29H33FN6O2/c1-19-26(36(23-7-5-4-6-8-23)34-29(19)22-17-32-35(2)18-22)16-28(37)33-25-14-20(10-12-38-3)13-24(25)21-9-11-31-27(30)15-21/h4-9,11,15,17-18,20,24-25H,10,12-14,16H2,1-3H3,(H,33,37)/t20-,24-,25+/m0/s1. The molecule has 9 heteroatoms. The Kier molecular flexibility index (Phi) is 7.64. The predicted octanol–water partition coefficient (Wildman–Crippen LogP) is 4.37.